The molecule has 30 heavy (non-hydrogen) atoms. The van der Waals surface area contributed by atoms with Crippen LogP contribution in [0.25, 0.3) is 11.0 Å². The number of carbonyl (C=O) groups excluding carboxylic acids is 1. The van der Waals surface area contributed by atoms with Gasteiger partial charge in [-0.05, 0) is 43.7 Å². The number of hydrogen-bond acceptors (Lipinski definition) is 6. The van der Waals surface area contributed by atoms with Gasteiger partial charge in [0.15, 0.2) is 11.3 Å². The Hall–Kier alpha value is -2.75. The SMILES string of the molecule is CC1CN(S(=O)(=O)c2ccc(CNC(=O)c3cc4ccncc4o3)cc2)CC(C)N1. The molecular weight excluding hydrogens is 404 g/mol. The molecule has 0 aliphatic carbocycles. The van der Waals surface area contributed by atoms with Crippen molar-refractivity contribution in [2.45, 2.75) is 37.4 Å². The Bertz CT molecular complexity index is 1110. The van der Waals surface area contributed by atoms with Crippen LogP contribution in [0.1, 0.15) is 30.0 Å². The summed E-state index contributed by atoms with van der Waals surface area (Å²) >= 11 is 0. The number of pyridine rings is 1. The molecule has 0 radical (unpaired) electrons. The van der Waals surface area contributed by atoms with Crippen LogP contribution in [0.3, 0.4) is 0 Å². The number of aromatic nitrogens is 1. The van der Waals surface area contributed by atoms with Gasteiger partial charge in [-0.2, -0.15) is 4.31 Å². The molecule has 1 saturated heterocycles. The van der Waals surface area contributed by atoms with Crippen molar-refractivity contribution in [1.82, 2.24) is 19.9 Å². The molecule has 1 fully saturated rings. The summed E-state index contributed by atoms with van der Waals surface area (Å²) in [5.41, 5.74) is 1.34. The summed E-state index contributed by atoms with van der Waals surface area (Å²) in [4.78, 5) is 16.6. The second kappa shape index (κ2) is 8.17. The maximum absolute atomic E-state index is 12.9. The van der Waals surface area contributed by atoms with E-state index in [4.69, 9.17) is 4.42 Å². The lowest BCUT2D eigenvalue weighted by Gasteiger charge is -2.35. The second-order valence-electron chi connectivity index (χ2n) is 7.64. The highest BCUT2D eigenvalue weighted by Crippen LogP contribution is 2.20. The van der Waals surface area contributed by atoms with Crippen LogP contribution >= 0.6 is 0 Å². The molecule has 1 aromatic carbocycles. The predicted octanol–water partition coefficient (Wildman–Crippen LogP) is 2.13. The van der Waals surface area contributed by atoms with E-state index in [1.165, 1.54) is 4.31 Å². The number of benzene rings is 1. The first kappa shape index (κ1) is 20.5. The van der Waals surface area contributed by atoms with Crippen LogP contribution in [0.2, 0.25) is 0 Å². The third-order valence-corrected chi connectivity index (χ3v) is 6.93. The fourth-order valence-electron chi connectivity index (χ4n) is 3.67. The third-order valence-electron chi connectivity index (χ3n) is 5.08. The number of nitrogens with zero attached hydrogens (tertiary/aromatic N) is 2. The molecule has 2 aromatic heterocycles. The molecule has 2 atom stereocenters. The monoisotopic (exact) mass is 428 g/mol. The fourth-order valence-corrected chi connectivity index (χ4v) is 5.28. The molecule has 3 aromatic rings. The van der Waals surface area contributed by atoms with Gasteiger partial charge in [-0.25, -0.2) is 8.42 Å². The molecule has 0 spiro atoms. The van der Waals surface area contributed by atoms with Crippen molar-refractivity contribution in [1.29, 1.82) is 0 Å². The van der Waals surface area contributed by atoms with Gasteiger partial charge in [-0.15, -0.1) is 0 Å². The number of hydrogen-bond donors (Lipinski definition) is 2. The lowest BCUT2D eigenvalue weighted by atomic mass is 10.2. The molecule has 2 N–H and O–H groups in total. The lowest BCUT2D eigenvalue weighted by Crippen LogP contribution is -2.55. The van der Waals surface area contributed by atoms with Gasteiger partial charge in [0.05, 0.1) is 11.1 Å². The van der Waals surface area contributed by atoms with E-state index in [1.807, 2.05) is 13.8 Å². The Labute approximate surface area is 175 Å². The summed E-state index contributed by atoms with van der Waals surface area (Å²) in [5.74, 6) is -0.133. The molecule has 1 aliphatic rings. The quantitative estimate of drug-likeness (QED) is 0.645. The predicted molar refractivity (Wildman–Crippen MR) is 112 cm³/mol. The van der Waals surface area contributed by atoms with Crippen molar-refractivity contribution in [3.8, 4) is 0 Å². The summed E-state index contributed by atoms with van der Waals surface area (Å²) in [6.45, 7) is 5.09. The van der Waals surface area contributed by atoms with E-state index in [0.29, 0.717) is 18.7 Å². The number of fused-ring (bicyclic) bond motifs is 1. The van der Waals surface area contributed by atoms with Crippen LogP contribution in [-0.4, -0.2) is 48.8 Å². The zero-order valence-corrected chi connectivity index (χ0v) is 17.6. The molecule has 1 aliphatic heterocycles. The molecule has 1 amide bonds. The Morgan fingerprint density at radius 1 is 1.20 bits per heavy atom. The minimum Gasteiger partial charge on any atom is -0.449 e. The van der Waals surface area contributed by atoms with Crippen molar-refractivity contribution >= 4 is 26.9 Å². The maximum Gasteiger partial charge on any atom is 0.287 e. The minimum absolute atomic E-state index is 0.104. The summed E-state index contributed by atoms with van der Waals surface area (Å²) < 4.78 is 32.9. The number of amides is 1. The lowest BCUT2D eigenvalue weighted by molar-refractivity contribution is 0.0925. The van der Waals surface area contributed by atoms with Crippen molar-refractivity contribution in [2.75, 3.05) is 13.1 Å². The van der Waals surface area contributed by atoms with Crippen molar-refractivity contribution in [2.24, 2.45) is 0 Å². The average molecular weight is 429 g/mol. The van der Waals surface area contributed by atoms with Gasteiger partial charge < -0.3 is 15.1 Å². The number of rotatable bonds is 5. The van der Waals surface area contributed by atoms with Crippen LogP contribution in [0, 0.1) is 0 Å². The Morgan fingerprint density at radius 2 is 1.90 bits per heavy atom. The van der Waals surface area contributed by atoms with E-state index in [-0.39, 0.29) is 35.2 Å². The maximum atomic E-state index is 12.9. The van der Waals surface area contributed by atoms with E-state index in [1.54, 1.807) is 48.8 Å². The fraction of sp³-hybridized carbons (Fsp3) is 0.333. The van der Waals surface area contributed by atoms with Crippen LogP contribution in [0.5, 0.6) is 0 Å². The summed E-state index contributed by atoms with van der Waals surface area (Å²) in [6.07, 6.45) is 3.20. The highest BCUT2D eigenvalue weighted by Gasteiger charge is 2.31. The number of furan rings is 1. The van der Waals surface area contributed by atoms with Crippen LogP contribution in [-0.2, 0) is 16.6 Å². The molecule has 0 saturated carbocycles. The van der Waals surface area contributed by atoms with E-state index < -0.39 is 10.0 Å². The minimum atomic E-state index is -3.55. The largest absolute Gasteiger partial charge is 0.449 e. The number of carbonyl (C=O) groups is 1. The van der Waals surface area contributed by atoms with E-state index in [9.17, 15) is 13.2 Å². The number of sulfonamides is 1. The zero-order valence-electron chi connectivity index (χ0n) is 16.8. The van der Waals surface area contributed by atoms with Crippen LogP contribution in [0.4, 0.5) is 0 Å². The van der Waals surface area contributed by atoms with Gasteiger partial charge in [0, 0.05) is 43.3 Å². The van der Waals surface area contributed by atoms with E-state index in [0.717, 1.165) is 10.9 Å². The standard InChI is InChI=1S/C21H24N4O4S/c1-14-12-25(13-15(2)24-14)30(27,28)18-5-3-16(4-6-18)10-23-21(26)19-9-17-7-8-22-11-20(17)29-19/h3-9,11,14-15,24H,10,12-13H2,1-2H3,(H,23,26). The summed E-state index contributed by atoms with van der Waals surface area (Å²) in [5, 5.41) is 6.93. The van der Waals surface area contributed by atoms with Crippen molar-refractivity contribution in [3.05, 3.63) is 60.1 Å². The van der Waals surface area contributed by atoms with Gasteiger partial charge in [-0.1, -0.05) is 12.1 Å². The van der Waals surface area contributed by atoms with Gasteiger partial charge in [0.1, 0.15) is 0 Å². The van der Waals surface area contributed by atoms with Gasteiger partial charge in [0.2, 0.25) is 10.0 Å². The molecule has 158 valence electrons. The normalized spacial score (nSPS) is 20.3. The van der Waals surface area contributed by atoms with Crippen LogP contribution < -0.4 is 10.6 Å². The Balaban J connectivity index is 1.41. The number of nitrogens with one attached hydrogen (secondary N) is 2. The van der Waals surface area contributed by atoms with Crippen molar-refractivity contribution < 1.29 is 17.6 Å². The average Bonchev–Trinajstić information content (AvgIpc) is 3.16. The Kier molecular flexibility index (Phi) is 5.59. The first-order chi connectivity index (χ1) is 14.3. The zero-order chi connectivity index (χ0) is 21.3. The first-order valence-electron chi connectivity index (χ1n) is 9.80. The highest BCUT2D eigenvalue weighted by molar-refractivity contribution is 7.89. The van der Waals surface area contributed by atoms with Crippen LogP contribution in [0.15, 0.2) is 58.1 Å². The molecule has 4 rings (SSSR count). The van der Waals surface area contributed by atoms with E-state index in [2.05, 4.69) is 15.6 Å². The summed E-state index contributed by atoms with van der Waals surface area (Å²) in [6, 6.07) is 10.2. The highest BCUT2D eigenvalue weighted by atomic mass is 32.2. The Morgan fingerprint density at radius 3 is 2.57 bits per heavy atom. The second-order valence-corrected chi connectivity index (χ2v) is 9.58. The van der Waals surface area contributed by atoms with Gasteiger partial charge in [0.25, 0.3) is 5.91 Å². The molecule has 3 heterocycles. The van der Waals surface area contributed by atoms with E-state index >= 15 is 0 Å². The van der Waals surface area contributed by atoms with Gasteiger partial charge in [-0.3, -0.25) is 9.78 Å². The topological polar surface area (TPSA) is 105 Å². The third kappa shape index (κ3) is 4.23. The molecule has 0 bridgehead atoms. The van der Waals surface area contributed by atoms with Gasteiger partial charge >= 0.3 is 0 Å². The molecular formula is C21H24N4O4S. The molecule has 8 nitrogen and oxygen atoms in total. The smallest absolute Gasteiger partial charge is 0.287 e. The number of piperazine rings is 1. The summed E-state index contributed by atoms with van der Waals surface area (Å²) in [7, 11) is -3.55. The molecule has 9 heteroatoms. The first-order valence-corrected chi connectivity index (χ1v) is 11.2. The molecule has 2 unspecified atom stereocenters. The van der Waals surface area contributed by atoms with Crippen molar-refractivity contribution in [3.63, 3.8) is 0 Å².